The molecule has 0 rings (SSSR count). The van der Waals surface area contributed by atoms with Crippen LogP contribution in [0.25, 0.3) is 0 Å². The third kappa shape index (κ3) is 15.4. The molecule has 146 valence electrons. The van der Waals surface area contributed by atoms with Crippen molar-refractivity contribution in [2.75, 3.05) is 0 Å². The Labute approximate surface area is 150 Å². The monoisotopic (exact) mass is 364 g/mol. The van der Waals surface area contributed by atoms with Gasteiger partial charge in [-0.15, -0.1) is 0 Å². The van der Waals surface area contributed by atoms with Crippen molar-refractivity contribution in [3.63, 3.8) is 0 Å². The number of hydrogen-bond donors (Lipinski definition) is 2. The molecule has 0 aromatic heterocycles. The van der Waals surface area contributed by atoms with Gasteiger partial charge in [0.2, 0.25) is 0 Å². The van der Waals surface area contributed by atoms with Crippen molar-refractivity contribution in [1.29, 1.82) is 0 Å². The Kier molecular flexibility index (Phi) is 15.1. The number of aliphatic hydroxyl groups is 1. The first-order chi connectivity index (χ1) is 11.4. The first-order valence-corrected chi connectivity index (χ1v) is 11.5. The van der Waals surface area contributed by atoms with Gasteiger partial charge in [-0.2, -0.15) is 8.42 Å². The Balaban J connectivity index is 3.63. The van der Waals surface area contributed by atoms with Gasteiger partial charge in [-0.05, 0) is 32.6 Å². The summed E-state index contributed by atoms with van der Waals surface area (Å²) in [6.07, 6.45) is 15.4. The normalized spacial score (nSPS) is 14.7. The lowest BCUT2D eigenvalue weighted by Gasteiger charge is -2.14. The molecule has 0 spiro atoms. The van der Waals surface area contributed by atoms with Gasteiger partial charge in [-0.3, -0.25) is 4.55 Å². The molecule has 4 nitrogen and oxygen atoms in total. The Morgan fingerprint density at radius 2 is 1.12 bits per heavy atom. The summed E-state index contributed by atoms with van der Waals surface area (Å²) >= 11 is 0. The zero-order valence-electron chi connectivity index (χ0n) is 15.9. The van der Waals surface area contributed by atoms with E-state index in [1.807, 2.05) is 0 Å². The van der Waals surface area contributed by atoms with Crippen LogP contribution < -0.4 is 0 Å². The lowest BCUT2D eigenvalue weighted by atomic mass is 10.0. The molecule has 0 aromatic carbocycles. The number of unbranched alkanes of at least 4 members (excludes halogenated alkanes) is 10. The molecule has 0 heterocycles. The molecule has 2 atom stereocenters. The topological polar surface area (TPSA) is 74.6 Å². The van der Waals surface area contributed by atoms with Gasteiger partial charge in [0, 0.05) is 0 Å². The molecule has 0 fully saturated rings. The van der Waals surface area contributed by atoms with E-state index in [0.29, 0.717) is 25.7 Å². The minimum absolute atomic E-state index is 0.408. The van der Waals surface area contributed by atoms with Crippen LogP contribution in [0, 0.1) is 0 Å². The van der Waals surface area contributed by atoms with E-state index in [2.05, 4.69) is 6.92 Å². The molecule has 2 unspecified atom stereocenters. The molecule has 0 amide bonds. The number of rotatable bonds is 17. The number of aliphatic hydroxyl groups excluding tert-OH is 1. The predicted octanol–water partition coefficient (Wildman–Crippen LogP) is 5.50. The summed E-state index contributed by atoms with van der Waals surface area (Å²) in [5.41, 5.74) is 0. The highest BCUT2D eigenvalue weighted by Crippen LogP contribution is 2.18. The van der Waals surface area contributed by atoms with E-state index in [1.165, 1.54) is 51.4 Å². The van der Waals surface area contributed by atoms with Crippen LogP contribution in [0.5, 0.6) is 0 Å². The van der Waals surface area contributed by atoms with Crippen molar-refractivity contribution in [3.8, 4) is 0 Å². The van der Waals surface area contributed by atoms with E-state index in [0.717, 1.165) is 19.3 Å². The fourth-order valence-electron chi connectivity index (χ4n) is 3.12. The zero-order valence-corrected chi connectivity index (χ0v) is 16.7. The van der Waals surface area contributed by atoms with Crippen LogP contribution in [-0.4, -0.2) is 29.4 Å². The zero-order chi connectivity index (χ0) is 18.3. The molecule has 0 bridgehead atoms. The highest BCUT2D eigenvalue weighted by molar-refractivity contribution is 7.86. The van der Waals surface area contributed by atoms with E-state index in [-0.39, 0.29) is 0 Å². The lowest BCUT2D eigenvalue weighted by Crippen LogP contribution is -2.21. The summed E-state index contributed by atoms with van der Waals surface area (Å²) in [7, 11) is -3.96. The van der Waals surface area contributed by atoms with Crippen LogP contribution in [0.3, 0.4) is 0 Å². The van der Waals surface area contributed by atoms with Crippen molar-refractivity contribution in [1.82, 2.24) is 0 Å². The molecule has 0 aromatic rings. The van der Waals surface area contributed by atoms with Gasteiger partial charge in [-0.1, -0.05) is 77.6 Å². The second-order valence-electron chi connectivity index (χ2n) is 7.24. The third-order valence-electron chi connectivity index (χ3n) is 4.70. The summed E-state index contributed by atoms with van der Waals surface area (Å²) < 4.78 is 32.1. The van der Waals surface area contributed by atoms with Crippen molar-refractivity contribution in [2.45, 2.75) is 122 Å². The third-order valence-corrected chi connectivity index (χ3v) is 6.01. The molecule has 0 saturated carbocycles. The van der Waals surface area contributed by atoms with Gasteiger partial charge in [0.05, 0.1) is 11.4 Å². The average molecular weight is 365 g/mol. The van der Waals surface area contributed by atoms with Gasteiger partial charge in [0.1, 0.15) is 0 Å². The van der Waals surface area contributed by atoms with Crippen LogP contribution in [-0.2, 0) is 10.1 Å². The van der Waals surface area contributed by atoms with E-state index >= 15 is 0 Å². The summed E-state index contributed by atoms with van der Waals surface area (Å²) in [6.45, 7) is 3.94. The molecule has 0 aliphatic rings. The van der Waals surface area contributed by atoms with Gasteiger partial charge in [0.25, 0.3) is 10.1 Å². The molecule has 5 heteroatoms. The Morgan fingerprint density at radius 3 is 1.54 bits per heavy atom. The van der Waals surface area contributed by atoms with E-state index in [4.69, 9.17) is 0 Å². The molecule has 2 N–H and O–H groups in total. The first kappa shape index (κ1) is 23.9. The molecule has 0 radical (unpaired) electrons. The van der Waals surface area contributed by atoms with Crippen molar-refractivity contribution in [2.24, 2.45) is 0 Å². The highest BCUT2D eigenvalue weighted by Gasteiger charge is 2.22. The summed E-state index contributed by atoms with van der Waals surface area (Å²) in [5, 5.41) is 8.58. The molecular weight excluding hydrogens is 324 g/mol. The second kappa shape index (κ2) is 15.2. The van der Waals surface area contributed by atoms with Crippen molar-refractivity contribution in [3.05, 3.63) is 0 Å². The van der Waals surface area contributed by atoms with Crippen molar-refractivity contribution < 1.29 is 18.1 Å². The Morgan fingerprint density at radius 1 is 0.708 bits per heavy atom. The lowest BCUT2D eigenvalue weighted by molar-refractivity contribution is 0.180. The van der Waals surface area contributed by atoms with Crippen LogP contribution >= 0.6 is 0 Å². The average Bonchev–Trinajstić information content (AvgIpc) is 2.49. The fraction of sp³-hybridized carbons (Fsp3) is 1.00. The Bertz CT molecular complexity index is 366. The first-order valence-electron chi connectivity index (χ1n) is 10.0. The van der Waals surface area contributed by atoms with Gasteiger partial charge < -0.3 is 5.11 Å². The quantitative estimate of drug-likeness (QED) is 0.264. The molecule has 0 aliphatic carbocycles. The molecule has 24 heavy (non-hydrogen) atoms. The summed E-state index contributed by atoms with van der Waals surface area (Å²) in [6, 6.07) is 0. The highest BCUT2D eigenvalue weighted by atomic mass is 32.2. The number of hydrogen-bond acceptors (Lipinski definition) is 3. The van der Waals surface area contributed by atoms with E-state index in [1.54, 1.807) is 6.92 Å². The standard InChI is InChI=1S/C19H40O4S/c1-3-4-5-6-7-8-9-10-11-12-13-16-19(24(21,22)23)17-14-15-18(2)20/h18-20H,3-17H2,1-2H3,(H,21,22,23). The maximum Gasteiger partial charge on any atom is 0.267 e. The SMILES string of the molecule is CCCCCCCCCCCCCC(CCCC(C)O)S(=O)(=O)O. The predicted molar refractivity (Wildman–Crippen MR) is 102 cm³/mol. The van der Waals surface area contributed by atoms with Gasteiger partial charge in [0.15, 0.2) is 0 Å². The minimum atomic E-state index is -3.96. The van der Waals surface area contributed by atoms with Gasteiger partial charge >= 0.3 is 0 Å². The molecule has 0 saturated heterocycles. The van der Waals surface area contributed by atoms with E-state index in [9.17, 15) is 18.1 Å². The smallest absolute Gasteiger partial charge is 0.267 e. The van der Waals surface area contributed by atoms with Crippen LogP contribution in [0.1, 0.15) is 110 Å². The minimum Gasteiger partial charge on any atom is -0.393 e. The maximum atomic E-state index is 11.4. The fourth-order valence-corrected chi connectivity index (χ4v) is 4.05. The largest absolute Gasteiger partial charge is 0.393 e. The van der Waals surface area contributed by atoms with Crippen molar-refractivity contribution >= 4 is 10.1 Å². The summed E-state index contributed by atoms with van der Waals surface area (Å²) in [5.74, 6) is 0. The van der Waals surface area contributed by atoms with Crippen LogP contribution in [0.2, 0.25) is 0 Å². The van der Waals surface area contributed by atoms with E-state index < -0.39 is 21.5 Å². The molecule has 0 aliphatic heterocycles. The Hall–Kier alpha value is -0.130. The second-order valence-corrected chi connectivity index (χ2v) is 8.94. The molecular formula is C19H40O4S. The van der Waals surface area contributed by atoms with Crippen LogP contribution in [0.4, 0.5) is 0 Å². The maximum absolute atomic E-state index is 11.4. The van der Waals surface area contributed by atoms with Crippen LogP contribution in [0.15, 0.2) is 0 Å². The van der Waals surface area contributed by atoms with Gasteiger partial charge in [-0.25, -0.2) is 0 Å². The summed E-state index contributed by atoms with van der Waals surface area (Å²) in [4.78, 5) is 0.